The van der Waals surface area contributed by atoms with E-state index in [2.05, 4.69) is 31.0 Å². The molecular formula is C14H12ClNOS. The molecule has 0 amide bonds. The van der Waals surface area contributed by atoms with E-state index in [1.165, 1.54) is 29.1 Å². The Morgan fingerprint density at radius 3 is 2.67 bits per heavy atom. The van der Waals surface area contributed by atoms with Crippen LogP contribution in [-0.4, -0.2) is 11.3 Å². The number of aromatic nitrogens is 1. The van der Waals surface area contributed by atoms with Crippen LogP contribution in [-0.2, 0) is 0 Å². The Labute approximate surface area is 115 Å². The second-order valence-electron chi connectivity index (χ2n) is 4.00. The molecule has 0 atom stereocenters. The number of hydrogen-bond donors (Lipinski definition) is 0. The molecule has 2 nitrogen and oxygen atoms in total. The van der Waals surface area contributed by atoms with Gasteiger partial charge in [-0.15, -0.1) is 0 Å². The molecule has 0 saturated heterocycles. The minimum absolute atomic E-state index is 0.388. The van der Waals surface area contributed by atoms with E-state index < -0.39 is 0 Å². The number of halogens is 1. The third kappa shape index (κ3) is 2.74. The maximum atomic E-state index is 11.0. The van der Waals surface area contributed by atoms with E-state index in [1.54, 1.807) is 6.20 Å². The van der Waals surface area contributed by atoms with Crippen molar-refractivity contribution in [3.8, 4) is 0 Å². The fourth-order valence-electron chi connectivity index (χ4n) is 1.53. The van der Waals surface area contributed by atoms with E-state index in [0.29, 0.717) is 10.6 Å². The van der Waals surface area contributed by atoms with Gasteiger partial charge in [-0.25, -0.2) is 0 Å². The quantitative estimate of drug-likeness (QED) is 0.783. The van der Waals surface area contributed by atoms with Crippen LogP contribution >= 0.6 is 23.4 Å². The van der Waals surface area contributed by atoms with Crippen LogP contribution in [0.5, 0.6) is 0 Å². The molecule has 2 aromatic rings. The van der Waals surface area contributed by atoms with Gasteiger partial charge in [-0.1, -0.05) is 29.4 Å². The van der Waals surface area contributed by atoms with Crippen LogP contribution in [0.15, 0.2) is 40.4 Å². The standard InChI is InChI=1S/C14H12ClNOS/c1-9-3-4-11(5-10(9)2)18-14-7-16-6-13(15)12(14)8-17/h3-8H,1-2H3. The third-order valence-corrected chi connectivity index (χ3v) is 4.06. The largest absolute Gasteiger partial charge is 0.298 e. The number of hydrogen-bond acceptors (Lipinski definition) is 3. The average molecular weight is 278 g/mol. The molecule has 18 heavy (non-hydrogen) atoms. The number of aldehydes is 1. The number of nitrogens with zero attached hydrogens (tertiary/aromatic N) is 1. The van der Waals surface area contributed by atoms with Crippen molar-refractivity contribution in [2.75, 3.05) is 0 Å². The third-order valence-electron chi connectivity index (χ3n) is 2.73. The lowest BCUT2D eigenvalue weighted by atomic mass is 10.1. The summed E-state index contributed by atoms with van der Waals surface area (Å²) in [4.78, 5) is 16.9. The van der Waals surface area contributed by atoms with Gasteiger partial charge in [0.25, 0.3) is 0 Å². The van der Waals surface area contributed by atoms with Crippen molar-refractivity contribution >= 4 is 29.6 Å². The highest BCUT2D eigenvalue weighted by Crippen LogP contribution is 2.32. The molecular weight excluding hydrogens is 266 g/mol. The van der Waals surface area contributed by atoms with Crippen LogP contribution < -0.4 is 0 Å². The molecule has 0 aliphatic carbocycles. The fourth-order valence-corrected chi connectivity index (χ4v) is 2.79. The van der Waals surface area contributed by atoms with Gasteiger partial charge in [0.2, 0.25) is 0 Å². The predicted molar refractivity (Wildman–Crippen MR) is 74.7 cm³/mol. The Balaban J connectivity index is 2.36. The molecule has 1 aromatic heterocycles. The van der Waals surface area contributed by atoms with E-state index in [4.69, 9.17) is 11.6 Å². The van der Waals surface area contributed by atoms with Gasteiger partial charge in [0, 0.05) is 27.7 Å². The van der Waals surface area contributed by atoms with Crippen LogP contribution in [0.3, 0.4) is 0 Å². The summed E-state index contributed by atoms with van der Waals surface area (Å²) in [6.07, 6.45) is 3.92. The number of rotatable bonds is 3. The minimum atomic E-state index is 0.388. The number of pyridine rings is 1. The van der Waals surface area contributed by atoms with E-state index in [-0.39, 0.29) is 0 Å². The normalized spacial score (nSPS) is 10.4. The van der Waals surface area contributed by atoms with Gasteiger partial charge in [0.15, 0.2) is 6.29 Å². The molecule has 92 valence electrons. The van der Waals surface area contributed by atoms with Crippen molar-refractivity contribution in [2.45, 2.75) is 23.6 Å². The maximum absolute atomic E-state index is 11.0. The topological polar surface area (TPSA) is 30.0 Å². The lowest BCUT2D eigenvalue weighted by molar-refractivity contribution is 0.112. The first-order valence-corrected chi connectivity index (χ1v) is 6.65. The summed E-state index contributed by atoms with van der Waals surface area (Å²) in [6.45, 7) is 4.14. The van der Waals surface area contributed by atoms with E-state index in [9.17, 15) is 4.79 Å². The monoisotopic (exact) mass is 277 g/mol. The second kappa shape index (κ2) is 5.55. The number of carbonyl (C=O) groups excluding carboxylic acids is 1. The summed E-state index contributed by atoms with van der Waals surface area (Å²) in [5.41, 5.74) is 2.97. The van der Waals surface area contributed by atoms with Crippen LogP contribution in [0.2, 0.25) is 5.02 Å². The summed E-state index contributed by atoms with van der Waals surface area (Å²) in [7, 11) is 0. The smallest absolute Gasteiger partial charge is 0.152 e. The molecule has 0 aliphatic rings. The van der Waals surface area contributed by atoms with E-state index >= 15 is 0 Å². The molecule has 0 radical (unpaired) electrons. The average Bonchev–Trinajstić information content (AvgIpc) is 2.34. The molecule has 0 unspecified atom stereocenters. The predicted octanol–water partition coefficient (Wildman–Crippen LogP) is 4.32. The molecule has 0 fully saturated rings. The van der Waals surface area contributed by atoms with Gasteiger partial charge in [-0.2, -0.15) is 0 Å². The number of carbonyl (C=O) groups is 1. The van der Waals surface area contributed by atoms with Gasteiger partial charge >= 0.3 is 0 Å². The van der Waals surface area contributed by atoms with Gasteiger partial charge in [0.1, 0.15) is 0 Å². The molecule has 0 spiro atoms. The zero-order valence-corrected chi connectivity index (χ0v) is 11.7. The van der Waals surface area contributed by atoms with Crippen LogP contribution in [0.25, 0.3) is 0 Å². The zero-order chi connectivity index (χ0) is 13.1. The zero-order valence-electron chi connectivity index (χ0n) is 10.1. The fraction of sp³-hybridized carbons (Fsp3) is 0.143. The molecule has 1 heterocycles. The summed E-state index contributed by atoms with van der Waals surface area (Å²) in [5.74, 6) is 0. The molecule has 4 heteroatoms. The van der Waals surface area contributed by atoms with Crippen molar-refractivity contribution in [3.05, 3.63) is 52.3 Å². The summed E-state index contributed by atoms with van der Waals surface area (Å²) in [6, 6.07) is 6.19. The Morgan fingerprint density at radius 2 is 2.00 bits per heavy atom. The van der Waals surface area contributed by atoms with E-state index in [1.807, 2.05) is 6.07 Å². The van der Waals surface area contributed by atoms with Crippen LogP contribution in [0, 0.1) is 13.8 Å². The Hall–Kier alpha value is -1.32. The molecule has 1 aromatic carbocycles. The molecule has 2 rings (SSSR count). The highest BCUT2D eigenvalue weighted by molar-refractivity contribution is 7.99. The minimum Gasteiger partial charge on any atom is -0.298 e. The van der Waals surface area contributed by atoms with E-state index in [0.717, 1.165) is 16.1 Å². The highest BCUT2D eigenvalue weighted by atomic mass is 35.5. The maximum Gasteiger partial charge on any atom is 0.152 e. The van der Waals surface area contributed by atoms with Gasteiger partial charge in [-0.05, 0) is 37.1 Å². The van der Waals surface area contributed by atoms with Crippen LogP contribution in [0.4, 0.5) is 0 Å². The van der Waals surface area contributed by atoms with Gasteiger partial charge in [-0.3, -0.25) is 9.78 Å². The lowest BCUT2D eigenvalue weighted by Crippen LogP contribution is -1.89. The molecule has 0 bridgehead atoms. The first-order chi connectivity index (χ1) is 8.61. The lowest BCUT2D eigenvalue weighted by Gasteiger charge is -2.07. The van der Waals surface area contributed by atoms with Crippen molar-refractivity contribution in [3.63, 3.8) is 0 Å². The Bertz CT molecular complexity index is 598. The Kier molecular flexibility index (Phi) is 4.04. The molecule has 0 aliphatic heterocycles. The summed E-state index contributed by atoms with van der Waals surface area (Å²) >= 11 is 7.44. The second-order valence-corrected chi connectivity index (χ2v) is 5.52. The SMILES string of the molecule is Cc1ccc(Sc2cncc(Cl)c2C=O)cc1C. The van der Waals surface area contributed by atoms with Crippen molar-refractivity contribution in [1.29, 1.82) is 0 Å². The van der Waals surface area contributed by atoms with Crippen LogP contribution in [0.1, 0.15) is 21.5 Å². The molecule has 0 saturated carbocycles. The van der Waals surface area contributed by atoms with Gasteiger partial charge in [0.05, 0.1) is 5.02 Å². The number of aryl methyl sites for hydroxylation is 2. The van der Waals surface area contributed by atoms with Crippen molar-refractivity contribution in [1.82, 2.24) is 4.98 Å². The first kappa shape index (κ1) is 13.1. The highest BCUT2D eigenvalue weighted by Gasteiger charge is 2.08. The van der Waals surface area contributed by atoms with Crippen molar-refractivity contribution in [2.24, 2.45) is 0 Å². The van der Waals surface area contributed by atoms with Gasteiger partial charge < -0.3 is 0 Å². The molecule has 0 N–H and O–H groups in total. The number of benzene rings is 1. The van der Waals surface area contributed by atoms with Crippen molar-refractivity contribution < 1.29 is 4.79 Å². The Morgan fingerprint density at radius 1 is 1.22 bits per heavy atom. The summed E-state index contributed by atoms with van der Waals surface area (Å²) in [5, 5.41) is 0.388. The first-order valence-electron chi connectivity index (χ1n) is 5.45. The summed E-state index contributed by atoms with van der Waals surface area (Å²) < 4.78 is 0.